The van der Waals surface area contributed by atoms with Crippen molar-refractivity contribution < 1.29 is 21.6 Å². The van der Waals surface area contributed by atoms with Crippen LogP contribution in [0, 0.1) is 0 Å². The number of nitrogens with zero attached hydrogens (tertiary/aromatic N) is 4. The van der Waals surface area contributed by atoms with Gasteiger partial charge in [-0.2, -0.15) is 23.0 Å². The lowest BCUT2D eigenvalue weighted by Gasteiger charge is -2.13. The molecule has 0 aliphatic carbocycles. The molecule has 0 unspecified atom stereocenters. The zero-order valence-corrected chi connectivity index (χ0v) is 19.5. The van der Waals surface area contributed by atoms with Gasteiger partial charge in [-0.25, -0.2) is 18.4 Å². The molecule has 176 valence electrons. The first-order valence-electron chi connectivity index (χ1n) is 9.55. The minimum absolute atomic E-state index is 0.152. The lowest BCUT2D eigenvalue weighted by atomic mass is 10.1. The van der Waals surface area contributed by atoms with E-state index in [-0.39, 0.29) is 27.4 Å². The molecule has 0 radical (unpaired) electrons. The van der Waals surface area contributed by atoms with Crippen LogP contribution in [0.4, 0.5) is 13.2 Å². The standard InChI is InChI=1S/C21H13Cl2F3N4O3S/c1-2-34(32,33)17-6-12(11-4-15(22)7-16(23)5-11)8-28-19(17)30-20(31)18-13(9-29-30)3-14(10-27-18)21(24,25)26/h3-10H,2H2,1H3. The number of alkyl halides is 3. The molecule has 3 aromatic heterocycles. The highest BCUT2D eigenvalue weighted by Gasteiger charge is 2.31. The highest BCUT2D eigenvalue weighted by atomic mass is 35.5. The maximum absolute atomic E-state index is 13.0. The van der Waals surface area contributed by atoms with Crippen LogP contribution in [0.1, 0.15) is 12.5 Å². The summed E-state index contributed by atoms with van der Waals surface area (Å²) in [4.78, 5) is 20.5. The third-order valence-electron chi connectivity index (χ3n) is 4.90. The highest BCUT2D eigenvalue weighted by molar-refractivity contribution is 7.91. The first kappa shape index (κ1) is 24.1. The Balaban J connectivity index is 1.95. The predicted molar refractivity (Wildman–Crippen MR) is 121 cm³/mol. The molecule has 0 N–H and O–H groups in total. The molecule has 3 heterocycles. The molecular formula is C21H13Cl2F3N4O3S. The van der Waals surface area contributed by atoms with Crippen molar-refractivity contribution in [1.29, 1.82) is 0 Å². The molecular weight excluding hydrogens is 516 g/mol. The largest absolute Gasteiger partial charge is 0.417 e. The Morgan fingerprint density at radius 3 is 2.24 bits per heavy atom. The fraction of sp³-hybridized carbons (Fsp3) is 0.143. The topological polar surface area (TPSA) is 94.8 Å². The quantitative estimate of drug-likeness (QED) is 0.371. The molecule has 34 heavy (non-hydrogen) atoms. The Kier molecular flexibility index (Phi) is 6.13. The molecule has 4 aromatic rings. The molecule has 0 saturated heterocycles. The van der Waals surface area contributed by atoms with E-state index in [1.807, 2.05) is 0 Å². The van der Waals surface area contributed by atoms with Crippen molar-refractivity contribution in [3.63, 3.8) is 0 Å². The van der Waals surface area contributed by atoms with Crippen molar-refractivity contribution in [1.82, 2.24) is 19.7 Å². The monoisotopic (exact) mass is 528 g/mol. The fourth-order valence-electron chi connectivity index (χ4n) is 3.20. The van der Waals surface area contributed by atoms with E-state index in [4.69, 9.17) is 23.2 Å². The first-order chi connectivity index (χ1) is 15.9. The predicted octanol–water partition coefficient (Wildman–Crippen LogP) is 4.96. The summed E-state index contributed by atoms with van der Waals surface area (Å²) in [6.07, 6.45) is -1.83. The van der Waals surface area contributed by atoms with Crippen molar-refractivity contribution >= 4 is 43.9 Å². The van der Waals surface area contributed by atoms with Gasteiger partial charge >= 0.3 is 6.18 Å². The van der Waals surface area contributed by atoms with Gasteiger partial charge in [0.25, 0.3) is 5.56 Å². The van der Waals surface area contributed by atoms with Crippen molar-refractivity contribution in [3.05, 3.63) is 74.9 Å². The summed E-state index contributed by atoms with van der Waals surface area (Å²) in [5, 5.41) is 4.36. The van der Waals surface area contributed by atoms with E-state index in [0.29, 0.717) is 32.1 Å². The fourth-order valence-corrected chi connectivity index (χ4v) is 4.76. The molecule has 0 aliphatic rings. The number of pyridine rings is 2. The first-order valence-corrected chi connectivity index (χ1v) is 12.0. The van der Waals surface area contributed by atoms with E-state index in [0.717, 1.165) is 12.3 Å². The number of benzene rings is 1. The summed E-state index contributed by atoms with van der Waals surface area (Å²) >= 11 is 12.1. The highest BCUT2D eigenvalue weighted by Crippen LogP contribution is 2.31. The molecule has 0 spiro atoms. The van der Waals surface area contributed by atoms with Crippen LogP contribution in [0.5, 0.6) is 0 Å². The van der Waals surface area contributed by atoms with E-state index in [1.54, 1.807) is 12.1 Å². The SMILES string of the molecule is CCS(=O)(=O)c1cc(-c2cc(Cl)cc(Cl)c2)cnc1-n1ncc2cc(C(F)(F)F)cnc2c1=O. The summed E-state index contributed by atoms with van der Waals surface area (Å²) < 4.78 is 65.4. The van der Waals surface area contributed by atoms with Crippen LogP contribution in [-0.2, 0) is 16.0 Å². The summed E-state index contributed by atoms with van der Waals surface area (Å²) in [5.74, 6) is -0.621. The van der Waals surface area contributed by atoms with Crippen molar-refractivity contribution in [2.75, 3.05) is 5.75 Å². The lowest BCUT2D eigenvalue weighted by molar-refractivity contribution is -0.137. The summed E-state index contributed by atoms with van der Waals surface area (Å²) in [6, 6.07) is 6.68. The van der Waals surface area contributed by atoms with Gasteiger partial charge in [0.05, 0.1) is 17.5 Å². The second-order valence-corrected chi connectivity index (χ2v) is 10.2. The van der Waals surface area contributed by atoms with E-state index in [1.165, 1.54) is 25.3 Å². The summed E-state index contributed by atoms with van der Waals surface area (Å²) in [7, 11) is -3.92. The van der Waals surface area contributed by atoms with Gasteiger partial charge in [0.1, 0.15) is 10.4 Å². The van der Waals surface area contributed by atoms with Gasteiger partial charge in [0, 0.05) is 33.4 Å². The molecule has 4 rings (SSSR count). The van der Waals surface area contributed by atoms with E-state index >= 15 is 0 Å². The van der Waals surface area contributed by atoms with Crippen molar-refractivity contribution in [2.24, 2.45) is 0 Å². The normalized spacial score (nSPS) is 12.3. The van der Waals surface area contributed by atoms with Crippen LogP contribution < -0.4 is 5.56 Å². The summed E-state index contributed by atoms with van der Waals surface area (Å²) in [6.45, 7) is 1.42. The van der Waals surface area contributed by atoms with Crippen LogP contribution in [-0.4, -0.2) is 33.9 Å². The number of hydrogen-bond acceptors (Lipinski definition) is 6. The van der Waals surface area contributed by atoms with Gasteiger partial charge in [-0.05, 0) is 35.9 Å². The molecule has 0 aliphatic heterocycles. The van der Waals surface area contributed by atoms with Gasteiger partial charge in [-0.1, -0.05) is 30.1 Å². The third-order valence-corrected chi connectivity index (χ3v) is 7.06. The molecule has 0 atom stereocenters. The second kappa shape index (κ2) is 8.64. The second-order valence-electron chi connectivity index (χ2n) is 7.13. The maximum atomic E-state index is 13.0. The molecule has 0 fully saturated rings. The minimum Gasteiger partial charge on any atom is -0.265 e. The Labute approximate surface area is 200 Å². The Morgan fingerprint density at radius 2 is 1.62 bits per heavy atom. The maximum Gasteiger partial charge on any atom is 0.417 e. The number of hydrogen-bond donors (Lipinski definition) is 0. The number of fused-ring (bicyclic) bond motifs is 1. The lowest BCUT2D eigenvalue weighted by Crippen LogP contribution is -2.25. The molecule has 0 amide bonds. The van der Waals surface area contributed by atoms with Crippen LogP contribution in [0.3, 0.4) is 0 Å². The van der Waals surface area contributed by atoms with E-state index in [2.05, 4.69) is 15.1 Å². The number of sulfone groups is 1. The molecule has 0 saturated carbocycles. The van der Waals surface area contributed by atoms with Crippen LogP contribution in [0.25, 0.3) is 27.8 Å². The summed E-state index contributed by atoms with van der Waals surface area (Å²) in [5.41, 5.74) is -1.44. The van der Waals surface area contributed by atoms with Gasteiger partial charge in [-0.3, -0.25) is 4.79 Å². The van der Waals surface area contributed by atoms with Crippen LogP contribution in [0.15, 0.2) is 58.6 Å². The average Bonchev–Trinajstić information content (AvgIpc) is 2.77. The van der Waals surface area contributed by atoms with Crippen LogP contribution >= 0.6 is 23.2 Å². The van der Waals surface area contributed by atoms with Gasteiger partial charge in [0.15, 0.2) is 15.7 Å². The Morgan fingerprint density at radius 1 is 0.941 bits per heavy atom. The number of aromatic nitrogens is 4. The minimum atomic E-state index is -4.65. The molecule has 7 nitrogen and oxygen atoms in total. The van der Waals surface area contributed by atoms with Gasteiger partial charge in [0.2, 0.25) is 0 Å². The smallest absolute Gasteiger partial charge is 0.265 e. The van der Waals surface area contributed by atoms with Crippen molar-refractivity contribution in [2.45, 2.75) is 18.0 Å². The molecule has 0 bridgehead atoms. The Hall–Kier alpha value is -3.02. The van der Waals surface area contributed by atoms with Gasteiger partial charge < -0.3 is 0 Å². The molecule has 1 aromatic carbocycles. The van der Waals surface area contributed by atoms with Crippen molar-refractivity contribution in [3.8, 4) is 16.9 Å². The van der Waals surface area contributed by atoms with Crippen LogP contribution in [0.2, 0.25) is 10.0 Å². The zero-order chi connectivity index (χ0) is 24.8. The zero-order valence-electron chi connectivity index (χ0n) is 17.1. The van der Waals surface area contributed by atoms with E-state index in [9.17, 15) is 26.4 Å². The van der Waals surface area contributed by atoms with E-state index < -0.39 is 27.1 Å². The number of rotatable bonds is 4. The third kappa shape index (κ3) is 4.50. The molecule has 13 heteroatoms. The average molecular weight is 529 g/mol. The number of halogens is 5. The van der Waals surface area contributed by atoms with Gasteiger partial charge in [-0.15, -0.1) is 0 Å². The Bertz CT molecular complexity index is 1590.